The van der Waals surface area contributed by atoms with Gasteiger partial charge in [0.2, 0.25) is 0 Å². The Balaban J connectivity index is 2.72. The third-order valence-corrected chi connectivity index (χ3v) is 16.0. The molecule has 0 saturated carbocycles. The van der Waals surface area contributed by atoms with Gasteiger partial charge in [-0.1, -0.05) is 41.5 Å². The summed E-state index contributed by atoms with van der Waals surface area (Å²) in [7, 11) is -3.53. The molecule has 0 spiro atoms. The smallest absolute Gasteiger partial charge is 0.192 e. The zero-order valence-electron chi connectivity index (χ0n) is 19.7. The summed E-state index contributed by atoms with van der Waals surface area (Å²) >= 11 is 0. The first-order chi connectivity index (χ1) is 12.1. The fourth-order valence-corrected chi connectivity index (χ4v) is 4.85. The molecule has 1 heterocycles. The lowest BCUT2D eigenvalue weighted by molar-refractivity contribution is -0.119. The van der Waals surface area contributed by atoms with E-state index in [9.17, 15) is 4.79 Å². The van der Waals surface area contributed by atoms with Crippen molar-refractivity contribution in [2.75, 3.05) is 26.3 Å². The lowest BCUT2D eigenvalue weighted by atomic mass is 10.1. The molecule has 1 unspecified atom stereocenters. The maximum atomic E-state index is 12.2. The van der Waals surface area contributed by atoms with Gasteiger partial charge in [-0.3, -0.25) is 9.69 Å². The fourth-order valence-electron chi connectivity index (χ4n) is 2.77. The van der Waals surface area contributed by atoms with Gasteiger partial charge >= 0.3 is 0 Å². The van der Waals surface area contributed by atoms with Crippen LogP contribution in [0.4, 0.5) is 0 Å². The molecule has 1 rings (SSSR count). The van der Waals surface area contributed by atoms with E-state index in [1.807, 2.05) is 0 Å². The molecule has 27 heavy (non-hydrogen) atoms. The summed E-state index contributed by atoms with van der Waals surface area (Å²) in [5, 5.41) is 0.421. The Morgan fingerprint density at radius 1 is 0.963 bits per heavy atom. The number of likely N-dealkylation sites (tertiary alicyclic amines) is 1. The molecule has 160 valence electrons. The number of hydrogen-bond acceptors (Lipinski definition) is 4. The molecule has 1 atom stereocenters. The van der Waals surface area contributed by atoms with Gasteiger partial charge in [-0.2, -0.15) is 0 Å². The fraction of sp³-hybridized carbons (Fsp3) is 0.952. The average molecular weight is 416 g/mol. The first-order valence-corrected chi connectivity index (χ1v) is 16.4. The standard InChI is InChI=1S/C21H45NO3Si2/c1-20(2,3)26(7,8)24-15-14-22-13-11-12-19(23)16-18(22)17-25-27(9,10)21(4,5)6/h18H,11-17H2,1-10H3. The molecule has 4 nitrogen and oxygen atoms in total. The van der Waals surface area contributed by atoms with E-state index < -0.39 is 16.6 Å². The van der Waals surface area contributed by atoms with Crippen LogP contribution in [-0.4, -0.2) is 59.7 Å². The molecule has 6 heteroatoms. The zero-order chi connectivity index (χ0) is 21.1. The maximum absolute atomic E-state index is 12.2. The molecule has 0 aromatic rings. The average Bonchev–Trinajstić information content (AvgIpc) is 2.64. The molecule has 0 aliphatic carbocycles. The van der Waals surface area contributed by atoms with Crippen LogP contribution in [0.1, 0.15) is 60.8 Å². The Kier molecular flexibility index (Phi) is 8.53. The minimum absolute atomic E-state index is 0.192. The van der Waals surface area contributed by atoms with Gasteiger partial charge in [-0.15, -0.1) is 0 Å². The molecule has 0 bridgehead atoms. The Hall–Kier alpha value is -0.0162. The summed E-state index contributed by atoms with van der Waals surface area (Å²) in [6.07, 6.45) is 2.28. The lowest BCUT2D eigenvalue weighted by Crippen LogP contribution is -2.48. The van der Waals surface area contributed by atoms with Gasteiger partial charge in [0, 0.05) is 38.6 Å². The third kappa shape index (κ3) is 7.39. The van der Waals surface area contributed by atoms with Crippen LogP contribution in [0.15, 0.2) is 0 Å². The van der Waals surface area contributed by atoms with Crippen LogP contribution in [0, 0.1) is 0 Å². The maximum Gasteiger partial charge on any atom is 0.192 e. The van der Waals surface area contributed by atoms with Gasteiger partial charge in [0.15, 0.2) is 16.6 Å². The van der Waals surface area contributed by atoms with E-state index in [1.165, 1.54) is 0 Å². The van der Waals surface area contributed by atoms with E-state index in [0.29, 0.717) is 25.2 Å². The highest BCUT2D eigenvalue weighted by Gasteiger charge is 2.39. The summed E-state index contributed by atoms with van der Waals surface area (Å²) in [5.41, 5.74) is 0. The van der Waals surface area contributed by atoms with E-state index in [1.54, 1.807) is 0 Å². The Morgan fingerprint density at radius 3 is 2.00 bits per heavy atom. The summed E-state index contributed by atoms with van der Waals surface area (Å²) in [6, 6.07) is 0.192. The van der Waals surface area contributed by atoms with Crippen LogP contribution in [0.2, 0.25) is 36.3 Å². The Bertz CT molecular complexity index is 493. The Labute approximate surface area is 170 Å². The van der Waals surface area contributed by atoms with Gasteiger partial charge in [0.25, 0.3) is 0 Å². The molecule has 1 fully saturated rings. The van der Waals surface area contributed by atoms with Crippen molar-refractivity contribution in [2.24, 2.45) is 0 Å². The summed E-state index contributed by atoms with van der Waals surface area (Å²) in [6.45, 7) is 26.1. The van der Waals surface area contributed by atoms with Crippen molar-refractivity contribution >= 4 is 22.4 Å². The van der Waals surface area contributed by atoms with E-state index in [0.717, 1.165) is 26.1 Å². The highest BCUT2D eigenvalue weighted by atomic mass is 28.4. The number of carbonyl (C=O) groups excluding carboxylic acids is 1. The second-order valence-electron chi connectivity index (χ2n) is 11.2. The first kappa shape index (κ1) is 25.0. The minimum atomic E-state index is -1.81. The quantitative estimate of drug-likeness (QED) is 0.518. The Morgan fingerprint density at radius 2 is 1.48 bits per heavy atom. The molecule has 1 aliphatic rings. The highest BCUT2D eigenvalue weighted by Crippen LogP contribution is 2.37. The van der Waals surface area contributed by atoms with E-state index in [4.69, 9.17) is 8.85 Å². The molecule has 0 radical (unpaired) electrons. The SMILES string of the molecule is CC(C)(C)[Si](C)(C)OCCN1CCCC(=O)CC1CO[Si](C)(C)C(C)(C)C. The second kappa shape index (κ2) is 9.20. The second-order valence-corrected chi connectivity index (χ2v) is 20.8. The van der Waals surface area contributed by atoms with Crippen molar-refractivity contribution in [1.29, 1.82) is 0 Å². The van der Waals surface area contributed by atoms with E-state index in [2.05, 4.69) is 72.6 Å². The van der Waals surface area contributed by atoms with Crippen LogP contribution < -0.4 is 0 Å². The van der Waals surface area contributed by atoms with Crippen LogP contribution in [-0.2, 0) is 13.6 Å². The van der Waals surface area contributed by atoms with Crippen molar-refractivity contribution in [1.82, 2.24) is 4.90 Å². The molecular weight excluding hydrogens is 370 g/mol. The summed E-state index contributed by atoms with van der Waals surface area (Å²) < 4.78 is 12.9. The summed E-state index contributed by atoms with van der Waals surface area (Å²) in [5.74, 6) is 0.381. The van der Waals surface area contributed by atoms with Crippen molar-refractivity contribution < 1.29 is 13.6 Å². The molecule has 1 saturated heterocycles. The number of ketones is 1. The van der Waals surface area contributed by atoms with Crippen molar-refractivity contribution in [3.8, 4) is 0 Å². The largest absolute Gasteiger partial charge is 0.416 e. The lowest BCUT2D eigenvalue weighted by Gasteiger charge is -2.40. The minimum Gasteiger partial charge on any atom is -0.416 e. The number of hydrogen-bond donors (Lipinski definition) is 0. The number of nitrogens with zero attached hydrogens (tertiary/aromatic N) is 1. The normalized spacial score (nSPS) is 21.4. The molecule has 0 amide bonds. The van der Waals surface area contributed by atoms with Gasteiger partial charge in [0.1, 0.15) is 5.78 Å². The predicted octanol–water partition coefficient (Wildman–Crippen LogP) is 5.45. The van der Waals surface area contributed by atoms with Gasteiger partial charge in [0.05, 0.1) is 0 Å². The van der Waals surface area contributed by atoms with Crippen molar-refractivity contribution in [3.63, 3.8) is 0 Å². The molecular formula is C21H45NO3Si2. The van der Waals surface area contributed by atoms with Gasteiger partial charge in [-0.25, -0.2) is 0 Å². The van der Waals surface area contributed by atoms with Gasteiger partial charge in [-0.05, 0) is 49.2 Å². The van der Waals surface area contributed by atoms with Gasteiger partial charge < -0.3 is 8.85 Å². The highest BCUT2D eigenvalue weighted by molar-refractivity contribution is 6.74. The topological polar surface area (TPSA) is 38.8 Å². The first-order valence-electron chi connectivity index (χ1n) is 10.6. The van der Waals surface area contributed by atoms with Crippen LogP contribution in [0.25, 0.3) is 0 Å². The monoisotopic (exact) mass is 415 g/mol. The van der Waals surface area contributed by atoms with Crippen LogP contribution in [0.5, 0.6) is 0 Å². The molecule has 0 aromatic heterocycles. The predicted molar refractivity (Wildman–Crippen MR) is 121 cm³/mol. The van der Waals surface area contributed by atoms with Crippen LogP contribution in [0.3, 0.4) is 0 Å². The van der Waals surface area contributed by atoms with E-state index >= 15 is 0 Å². The summed E-state index contributed by atoms with van der Waals surface area (Å²) in [4.78, 5) is 14.7. The van der Waals surface area contributed by atoms with Crippen molar-refractivity contribution in [3.05, 3.63) is 0 Å². The zero-order valence-corrected chi connectivity index (χ0v) is 21.7. The number of Topliss-reactive ketones (excluding diaryl/α,β-unsaturated/α-hetero) is 1. The molecule has 0 N–H and O–H groups in total. The van der Waals surface area contributed by atoms with Crippen LogP contribution >= 0.6 is 0 Å². The molecule has 1 aliphatic heterocycles. The number of carbonyl (C=O) groups is 1. The van der Waals surface area contributed by atoms with Crippen molar-refractivity contribution in [2.45, 2.75) is 103 Å². The number of rotatable bonds is 7. The molecule has 0 aromatic carbocycles. The third-order valence-electron chi connectivity index (χ3n) is 6.97. The van der Waals surface area contributed by atoms with E-state index in [-0.39, 0.29) is 16.1 Å².